The van der Waals surface area contributed by atoms with Gasteiger partial charge in [-0.1, -0.05) is 0 Å². The first-order valence-electron chi connectivity index (χ1n) is 5.42. The molecule has 0 amide bonds. The van der Waals surface area contributed by atoms with Crippen LogP contribution in [0.25, 0.3) is 0 Å². The molecule has 0 aliphatic rings. The number of hydrogen-bond acceptors (Lipinski definition) is 5. The molecule has 0 aliphatic carbocycles. The Balaban J connectivity index is 2.15. The van der Waals surface area contributed by atoms with Gasteiger partial charge < -0.3 is 14.2 Å². The number of rotatable bonds is 8. The van der Waals surface area contributed by atoms with Gasteiger partial charge >= 0.3 is 0 Å². The Kier molecular flexibility index (Phi) is 6.84. The summed E-state index contributed by atoms with van der Waals surface area (Å²) < 4.78 is 15.7. The Hall–Kier alpha value is -0.910. The maximum absolute atomic E-state index is 5.67. The van der Waals surface area contributed by atoms with Crippen LogP contribution in [-0.2, 0) is 9.47 Å². The molecule has 6 heteroatoms. The summed E-state index contributed by atoms with van der Waals surface area (Å²) >= 11 is 5.67. The molecule has 1 rings (SSSR count). The number of hydrogen-bond donors (Lipinski definition) is 0. The van der Waals surface area contributed by atoms with E-state index in [2.05, 4.69) is 9.97 Å². The van der Waals surface area contributed by atoms with Crippen LogP contribution >= 0.6 is 11.6 Å². The quantitative estimate of drug-likeness (QED) is 0.528. The minimum atomic E-state index is 0.187. The van der Waals surface area contributed by atoms with E-state index in [0.29, 0.717) is 32.3 Å². The van der Waals surface area contributed by atoms with Gasteiger partial charge in [0.25, 0.3) is 0 Å². The van der Waals surface area contributed by atoms with Crippen LogP contribution in [0.5, 0.6) is 5.88 Å². The fourth-order valence-corrected chi connectivity index (χ4v) is 1.28. The van der Waals surface area contributed by atoms with Gasteiger partial charge in [-0.05, 0) is 24.9 Å². The standard InChI is InChI=1S/C11H17ClN2O3/c1-9-8-13-11(12)14-10(9)17-7-6-16-5-3-4-15-2/h8H,3-7H2,1-2H3. The van der Waals surface area contributed by atoms with E-state index in [1.54, 1.807) is 13.3 Å². The highest BCUT2D eigenvalue weighted by molar-refractivity contribution is 6.28. The number of nitrogens with zero attached hydrogens (tertiary/aromatic N) is 2. The molecule has 0 aromatic carbocycles. The van der Waals surface area contributed by atoms with Crippen molar-refractivity contribution in [3.05, 3.63) is 17.0 Å². The molecule has 0 N–H and O–H groups in total. The van der Waals surface area contributed by atoms with Gasteiger partial charge in [0.15, 0.2) is 0 Å². The van der Waals surface area contributed by atoms with Crippen molar-refractivity contribution in [2.24, 2.45) is 0 Å². The first-order chi connectivity index (χ1) is 8.24. The summed E-state index contributed by atoms with van der Waals surface area (Å²) in [7, 11) is 1.67. The molecule has 0 fully saturated rings. The topological polar surface area (TPSA) is 53.5 Å². The summed E-state index contributed by atoms with van der Waals surface area (Å²) in [5, 5.41) is 0.187. The minimum Gasteiger partial charge on any atom is -0.475 e. The zero-order valence-electron chi connectivity index (χ0n) is 10.1. The molecule has 0 radical (unpaired) electrons. The van der Waals surface area contributed by atoms with E-state index in [4.69, 9.17) is 25.8 Å². The minimum absolute atomic E-state index is 0.187. The SMILES string of the molecule is COCCCOCCOc1nc(Cl)ncc1C. The van der Waals surface area contributed by atoms with Crippen molar-refractivity contribution >= 4 is 11.6 Å². The lowest BCUT2D eigenvalue weighted by Crippen LogP contribution is -2.10. The van der Waals surface area contributed by atoms with Crippen LogP contribution in [0.2, 0.25) is 5.28 Å². The number of ether oxygens (including phenoxy) is 3. The molecule has 0 unspecified atom stereocenters. The summed E-state index contributed by atoms with van der Waals surface area (Å²) in [6, 6.07) is 0. The van der Waals surface area contributed by atoms with Crippen LogP contribution in [0.3, 0.4) is 0 Å². The molecule has 1 heterocycles. The van der Waals surface area contributed by atoms with E-state index in [-0.39, 0.29) is 5.28 Å². The van der Waals surface area contributed by atoms with E-state index in [9.17, 15) is 0 Å². The molecule has 0 saturated carbocycles. The molecule has 1 aromatic rings. The second kappa shape index (κ2) is 8.22. The third-order valence-corrected chi connectivity index (χ3v) is 2.18. The predicted molar refractivity (Wildman–Crippen MR) is 64.6 cm³/mol. The van der Waals surface area contributed by atoms with Crippen LogP contribution < -0.4 is 4.74 Å². The molecule has 0 bridgehead atoms. The molecule has 1 aromatic heterocycles. The Bertz CT molecular complexity index is 336. The normalized spacial score (nSPS) is 10.5. The van der Waals surface area contributed by atoms with Crippen LogP contribution in [-0.4, -0.2) is 43.5 Å². The highest BCUT2D eigenvalue weighted by Gasteiger charge is 2.03. The molecule has 96 valence electrons. The summed E-state index contributed by atoms with van der Waals surface area (Å²) in [4.78, 5) is 7.82. The van der Waals surface area contributed by atoms with Gasteiger partial charge in [0, 0.05) is 32.1 Å². The van der Waals surface area contributed by atoms with Gasteiger partial charge in [-0.2, -0.15) is 4.98 Å². The predicted octanol–water partition coefficient (Wildman–Crippen LogP) is 1.87. The highest BCUT2D eigenvalue weighted by Crippen LogP contribution is 2.14. The second-order valence-electron chi connectivity index (χ2n) is 3.43. The van der Waals surface area contributed by atoms with Crippen LogP contribution in [0.4, 0.5) is 0 Å². The van der Waals surface area contributed by atoms with Gasteiger partial charge in [-0.25, -0.2) is 4.98 Å². The smallest absolute Gasteiger partial charge is 0.225 e. The fourth-order valence-electron chi connectivity index (χ4n) is 1.16. The summed E-state index contributed by atoms with van der Waals surface area (Å²) in [5.74, 6) is 0.505. The third kappa shape index (κ3) is 5.81. The fraction of sp³-hybridized carbons (Fsp3) is 0.636. The molecule has 5 nitrogen and oxygen atoms in total. The number of aryl methyl sites for hydroxylation is 1. The zero-order chi connectivity index (χ0) is 12.5. The average Bonchev–Trinajstić information content (AvgIpc) is 2.32. The van der Waals surface area contributed by atoms with E-state index in [0.717, 1.165) is 12.0 Å². The zero-order valence-corrected chi connectivity index (χ0v) is 10.9. The van der Waals surface area contributed by atoms with E-state index >= 15 is 0 Å². The Morgan fingerprint density at radius 1 is 1.24 bits per heavy atom. The lowest BCUT2D eigenvalue weighted by Gasteiger charge is -2.08. The highest BCUT2D eigenvalue weighted by atomic mass is 35.5. The monoisotopic (exact) mass is 260 g/mol. The number of methoxy groups -OCH3 is 1. The van der Waals surface area contributed by atoms with Crippen molar-refractivity contribution in [1.82, 2.24) is 9.97 Å². The van der Waals surface area contributed by atoms with E-state index in [1.807, 2.05) is 6.92 Å². The third-order valence-electron chi connectivity index (χ3n) is 2.00. The molecule has 17 heavy (non-hydrogen) atoms. The molecular formula is C11H17ClN2O3. The van der Waals surface area contributed by atoms with Gasteiger partial charge in [0.05, 0.1) is 6.61 Å². The average molecular weight is 261 g/mol. The number of aromatic nitrogens is 2. The number of halogens is 1. The summed E-state index contributed by atoms with van der Waals surface area (Å²) in [6.45, 7) is 4.21. The van der Waals surface area contributed by atoms with Crippen molar-refractivity contribution in [2.45, 2.75) is 13.3 Å². The lowest BCUT2D eigenvalue weighted by molar-refractivity contribution is 0.0793. The largest absolute Gasteiger partial charge is 0.475 e. The van der Waals surface area contributed by atoms with Crippen LogP contribution in [0, 0.1) is 6.92 Å². The van der Waals surface area contributed by atoms with Gasteiger partial charge in [0.1, 0.15) is 6.61 Å². The summed E-state index contributed by atoms with van der Waals surface area (Å²) in [5.41, 5.74) is 0.855. The lowest BCUT2D eigenvalue weighted by atomic mass is 10.4. The Morgan fingerprint density at radius 3 is 2.82 bits per heavy atom. The molecule has 0 atom stereocenters. The van der Waals surface area contributed by atoms with Crippen molar-refractivity contribution in [3.8, 4) is 5.88 Å². The van der Waals surface area contributed by atoms with E-state index in [1.165, 1.54) is 0 Å². The van der Waals surface area contributed by atoms with Crippen molar-refractivity contribution in [1.29, 1.82) is 0 Å². The first kappa shape index (κ1) is 14.2. The van der Waals surface area contributed by atoms with Crippen LogP contribution in [0.15, 0.2) is 6.20 Å². The maximum Gasteiger partial charge on any atom is 0.225 e. The van der Waals surface area contributed by atoms with Gasteiger partial charge in [-0.3, -0.25) is 0 Å². The molecule has 0 saturated heterocycles. The van der Waals surface area contributed by atoms with E-state index < -0.39 is 0 Å². The van der Waals surface area contributed by atoms with Crippen LogP contribution in [0.1, 0.15) is 12.0 Å². The van der Waals surface area contributed by atoms with Gasteiger partial charge in [-0.15, -0.1) is 0 Å². The Morgan fingerprint density at radius 2 is 2.06 bits per heavy atom. The first-order valence-corrected chi connectivity index (χ1v) is 5.80. The molecule has 0 aliphatic heterocycles. The maximum atomic E-state index is 5.67. The van der Waals surface area contributed by atoms with Crippen molar-refractivity contribution in [3.63, 3.8) is 0 Å². The second-order valence-corrected chi connectivity index (χ2v) is 3.77. The summed E-state index contributed by atoms with van der Waals surface area (Å²) in [6.07, 6.45) is 2.51. The Labute approximate surface area is 106 Å². The van der Waals surface area contributed by atoms with Crippen molar-refractivity contribution in [2.75, 3.05) is 33.5 Å². The van der Waals surface area contributed by atoms with Gasteiger partial charge in [0.2, 0.25) is 11.2 Å². The molecular weight excluding hydrogens is 244 g/mol. The molecule has 0 spiro atoms. The van der Waals surface area contributed by atoms with Crippen molar-refractivity contribution < 1.29 is 14.2 Å².